The minimum Gasteiger partial charge on any atom is -0.512 e. The molecule has 4 aromatic rings. The molecule has 6 heteroatoms. The predicted molar refractivity (Wildman–Crippen MR) is 191 cm³/mol. The fraction of sp³-hybridized carbons (Fsp3) is 0.462. The smallest absolute Gasteiger partial charge is 0.164 e. The fourth-order valence-corrected chi connectivity index (χ4v) is 6.90. The van der Waals surface area contributed by atoms with Crippen molar-refractivity contribution in [1.82, 2.24) is 9.97 Å². The number of aliphatic hydroxyl groups excluding tert-OH is 1. The van der Waals surface area contributed by atoms with E-state index in [2.05, 4.69) is 76.0 Å². The summed E-state index contributed by atoms with van der Waals surface area (Å²) in [4.78, 5) is 22.2. The second kappa shape index (κ2) is 15.8. The van der Waals surface area contributed by atoms with E-state index < -0.39 is 8.07 Å². The zero-order valence-corrected chi connectivity index (χ0v) is 32.7. The van der Waals surface area contributed by atoms with Crippen molar-refractivity contribution >= 4 is 40.7 Å². The van der Waals surface area contributed by atoms with Gasteiger partial charge in [0.1, 0.15) is 11.6 Å². The Morgan fingerprint density at radius 2 is 1.51 bits per heavy atom. The fourth-order valence-electron chi connectivity index (χ4n) is 5.29. The summed E-state index contributed by atoms with van der Waals surface area (Å²) in [6.07, 6.45) is 4.75. The van der Waals surface area contributed by atoms with E-state index in [9.17, 15) is 9.90 Å². The molecule has 245 valence electrons. The number of hydrogen-bond donors (Lipinski definition) is 1. The summed E-state index contributed by atoms with van der Waals surface area (Å²) in [6.45, 7) is 23.6. The summed E-state index contributed by atoms with van der Waals surface area (Å²) >= 11 is 0. The summed E-state index contributed by atoms with van der Waals surface area (Å²) in [5, 5.41) is 15.3. The van der Waals surface area contributed by atoms with Gasteiger partial charge in [-0.2, -0.15) is 0 Å². The van der Waals surface area contributed by atoms with Crippen LogP contribution in [0.15, 0.2) is 66.4 Å². The Kier molecular flexibility index (Phi) is 13.5. The van der Waals surface area contributed by atoms with Crippen LogP contribution in [0.4, 0.5) is 0 Å². The first-order valence-corrected chi connectivity index (χ1v) is 19.8. The molecule has 0 aliphatic heterocycles. The minimum absolute atomic E-state index is 0. The molecule has 1 aromatic heterocycles. The van der Waals surface area contributed by atoms with E-state index in [0.29, 0.717) is 0 Å². The molecule has 3 aromatic carbocycles. The van der Waals surface area contributed by atoms with Gasteiger partial charge in [0.25, 0.3) is 0 Å². The van der Waals surface area contributed by atoms with Crippen molar-refractivity contribution in [2.45, 2.75) is 107 Å². The van der Waals surface area contributed by atoms with Crippen LogP contribution in [0.1, 0.15) is 92.8 Å². The van der Waals surface area contributed by atoms with Crippen molar-refractivity contribution in [1.29, 1.82) is 0 Å². The maximum atomic E-state index is 12.2. The molecule has 0 amide bonds. The normalized spacial score (nSPS) is 12.6. The predicted octanol–water partition coefficient (Wildman–Crippen LogP) is 10.6. The summed E-state index contributed by atoms with van der Waals surface area (Å²) in [6, 6.07) is 22.5. The molecule has 1 radical (unpaired) electrons. The molecule has 0 spiro atoms. The van der Waals surface area contributed by atoms with Gasteiger partial charge >= 0.3 is 0 Å². The molecule has 0 fully saturated rings. The number of fused-ring (bicyclic) bond motifs is 3. The molecule has 0 unspecified atom stereocenters. The van der Waals surface area contributed by atoms with E-state index in [4.69, 9.17) is 9.97 Å². The molecule has 0 aliphatic carbocycles. The van der Waals surface area contributed by atoms with Gasteiger partial charge in [0.05, 0.1) is 13.6 Å². The van der Waals surface area contributed by atoms with Gasteiger partial charge in [-0.3, -0.25) is 9.78 Å². The van der Waals surface area contributed by atoms with E-state index in [-0.39, 0.29) is 48.4 Å². The first-order valence-electron chi connectivity index (χ1n) is 16.3. The number of aliphatic hydroxyl groups is 1. The summed E-state index contributed by atoms with van der Waals surface area (Å²) in [5.74, 6) is 1.45. The summed E-state index contributed by atoms with van der Waals surface area (Å²) < 4.78 is 0. The minimum atomic E-state index is -1.52. The standard InChI is InChI=1S/C24H25N2Si.C15H28O2.Ir/c1-16(2)24-25-22(18-10-7-6-8-11-18)19-15-14-17-12-9-13-20(27(3,4)5)21(17)23(19)26-24;1-7-14(5,8-2)12(16)11-13(17)15(6,9-3)10-4;/h6-10,12-16H,1-5H3;11,16H,7-10H2,1-6H3;/q-1;;/b;12-11-;. The van der Waals surface area contributed by atoms with Gasteiger partial charge < -0.3 is 5.11 Å². The third-order valence-electron chi connectivity index (χ3n) is 9.62. The largest absolute Gasteiger partial charge is 0.512 e. The first-order chi connectivity index (χ1) is 20.7. The number of benzene rings is 3. The van der Waals surface area contributed by atoms with E-state index in [1.54, 1.807) is 0 Å². The van der Waals surface area contributed by atoms with Crippen LogP contribution >= 0.6 is 0 Å². The molecule has 0 aliphatic rings. The molecule has 1 heterocycles. The monoisotopic (exact) mass is 802 g/mol. The number of allylic oxidation sites excluding steroid dienone is 2. The van der Waals surface area contributed by atoms with Crippen molar-refractivity contribution in [2.24, 2.45) is 10.8 Å². The zero-order valence-electron chi connectivity index (χ0n) is 29.3. The molecule has 0 atom stereocenters. The maximum absolute atomic E-state index is 12.2. The first kappa shape index (κ1) is 38.5. The SMILES string of the molecule is CC(C)c1nc(-c2[c-]cccc2)c2ccc3cccc([Si](C)(C)C)c3c2n1.CCC(C)(CC)C(=O)/C=C(\O)C(C)(CC)CC.[Ir]. The quantitative estimate of drug-likeness (QED) is 0.0570. The van der Waals surface area contributed by atoms with Crippen LogP contribution in [0.2, 0.25) is 19.6 Å². The topological polar surface area (TPSA) is 63.1 Å². The number of ketones is 1. The van der Waals surface area contributed by atoms with Gasteiger partial charge in [-0.15, -0.1) is 35.9 Å². The number of carbonyl (C=O) groups is 1. The van der Waals surface area contributed by atoms with Crippen LogP contribution in [0.5, 0.6) is 0 Å². The molecule has 4 rings (SSSR count). The second-order valence-corrected chi connectivity index (χ2v) is 18.9. The Bertz CT molecular complexity index is 1620. The van der Waals surface area contributed by atoms with E-state index >= 15 is 0 Å². The Balaban J connectivity index is 0.000000343. The molecular weight excluding hydrogens is 749 g/mol. The molecule has 0 bridgehead atoms. The number of nitrogens with zero attached hydrogens (tertiary/aromatic N) is 2. The van der Waals surface area contributed by atoms with Gasteiger partial charge in [0, 0.05) is 48.3 Å². The Morgan fingerprint density at radius 3 is 2.02 bits per heavy atom. The molecule has 1 N–H and O–H groups in total. The summed E-state index contributed by atoms with van der Waals surface area (Å²) in [7, 11) is -1.52. The van der Waals surface area contributed by atoms with Gasteiger partial charge in [-0.05, 0) is 42.1 Å². The molecule has 0 saturated carbocycles. The van der Waals surface area contributed by atoms with Crippen molar-refractivity contribution < 1.29 is 30.0 Å². The average molecular weight is 802 g/mol. The third-order valence-corrected chi connectivity index (χ3v) is 11.6. The molecule has 4 nitrogen and oxygen atoms in total. The van der Waals surface area contributed by atoms with Gasteiger partial charge in [-0.25, -0.2) is 4.98 Å². The van der Waals surface area contributed by atoms with Gasteiger partial charge in [0.2, 0.25) is 0 Å². The van der Waals surface area contributed by atoms with Crippen LogP contribution < -0.4 is 5.19 Å². The van der Waals surface area contributed by atoms with Gasteiger partial charge in [-0.1, -0.05) is 111 Å². The van der Waals surface area contributed by atoms with Crippen LogP contribution in [0.25, 0.3) is 32.9 Å². The van der Waals surface area contributed by atoms with Crippen LogP contribution in [0, 0.1) is 16.9 Å². The van der Waals surface area contributed by atoms with E-state index in [1.165, 1.54) is 22.0 Å². The molecular formula is C39H53IrN2O2Si-. The maximum Gasteiger partial charge on any atom is 0.164 e. The van der Waals surface area contributed by atoms with Crippen LogP contribution in [0.3, 0.4) is 0 Å². The number of carbonyl (C=O) groups excluding carboxylic acids is 1. The van der Waals surface area contributed by atoms with E-state index in [1.807, 2.05) is 59.7 Å². The van der Waals surface area contributed by atoms with Crippen molar-refractivity contribution in [2.75, 3.05) is 0 Å². The van der Waals surface area contributed by atoms with Crippen molar-refractivity contribution in [3.8, 4) is 11.3 Å². The number of hydrogen-bond acceptors (Lipinski definition) is 4. The zero-order chi connectivity index (χ0) is 32.9. The van der Waals surface area contributed by atoms with Gasteiger partial charge in [0.15, 0.2) is 5.78 Å². The molecule has 45 heavy (non-hydrogen) atoms. The molecule has 0 saturated heterocycles. The Hall–Kier alpha value is -2.66. The number of aromatic nitrogens is 2. The van der Waals surface area contributed by atoms with Crippen molar-refractivity contribution in [3.05, 3.63) is 78.3 Å². The summed E-state index contributed by atoms with van der Waals surface area (Å²) in [5.41, 5.74) is 2.48. The number of rotatable bonds is 10. The van der Waals surface area contributed by atoms with Crippen LogP contribution in [-0.4, -0.2) is 28.9 Å². The van der Waals surface area contributed by atoms with Crippen molar-refractivity contribution in [3.63, 3.8) is 0 Å². The average Bonchev–Trinajstić information content (AvgIpc) is 3.02. The van der Waals surface area contributed by atoms with E-state index in [0.717, 1.165) is 53.7 Å². The van der Waals surface area contributed by atoms with Crippen LogP contribution in [-0.2, 0) is 24.9 Å². The second-order valence-electron chi connectivity index (χ2n) is 13.9. The third kappa shape index (κ3) is 8.58. The Morgan fingerprint density at radius 1 is 0.889 bits per heavy atom. The Labute approximate surface area is 286 Å².